The number of thiazole rings is 1. The summed E-state index contributed by atoms with van der Waals surface area (Å²) in [7, 11) is 0. The third kappa shape index (κ3) is 3.16. The molecule has 0 unspecified atom stereocenters. The first kappa shape index (κ1) is 17.3. The highest BCUT2D eigenvalue weighted by atomic mass is 32.1. The molecule has 4 aromatic rings. The molecule has 0 bridgehead atoms. The van der Waals surface area contributed by atoms with Crippen molar-refractivity contribution in [3.63, 3.8) is 0 Å². The van der Waals surface area contributed by atoms with Gasteiger partial charge in [-0.3, -0.25) is 0 Å². The van der Waals surface area contributed by atoms with Gasteiger partial charge in [0, 0.05) is 36.4 Å². The number of benzene rings is 1. The van der Waals surface area contributed by atoms with Crippen LogP contribution >= 0.6 is 11.3 Å². The van der Waals surface area contributed by atoms with Crippen LogP contribution in [0.1, 0.15) is 24.6 Å². The highest BCUT2D eigenvalue weighted by molar-refractivity contribution is 7.13. The number of fused-ring (bicyclic) bond motifs is 1. The van der Waals surface area contributed by atoms with Gasteiger partial charge in [-0.15, -0.1) is 21.5 Å². The molecule has 5 nitrogen and oxygen atoms in total. The maximum Gasteiger partial charge on any atom is 0.151 e. The third-order valence-electron chi connectivity index (χ3n) is 5.36. The first-order valence-corrected chi connectivity index (χ1v) is 10.3. The van der Waals surface area contributed by atoms with Crippen LogP contribution in [0.2, 0.25) is 0 Å². The topological polar surface area (TPSA) is 46.8 Å². The molecule has 0 amide bonds. The number of hydrogen-bond donors (Lipinski definition) is 0. The predicted molar refractivity (Wildman–Crippen MR) is 110 cm³/mol. The number of aryl methyl sites for hydroxylation is 1. The standard InChI is InChI=1S/C21H20FN5S/c1-14-13-28-21(23-14)18-4-5-20(25-24-18)26-9-7-17(8-10-26)27-11-6-15-2-3-16(22)12-19(15)27/h2-6,11-13,17H,7-10H2,1H3. The molecular formula is C21H20FN5S. The molecule has 1 aromatic carbocycles. The van der Waals surface area contributed by atoms with Crippen molar-refractivity contribution in [2.75, 3.05) is 18.0 Å². The van der Waals surface area contributed by atoms with E-state index in [1.165, 1.54) is 6.07 Å². The molecule has 4 heterocycles. The lowest BCUT2D eigenvalue weighted by molar-refractivity contribution is 0.403. The monoisotopic (exact) mass is 393 g/mol. The fourth-order valence-electron chi connectivity index (χ4n) is 3.89. The van der Waals surface area contributed by atoms with Gasteiger partial charge in [-0.2, -0.15) is 0 Å². The molecule has 0 spiro atoms. The van der Waals surface area contributed by atoms with Crippen molar-refractivity contribution in [3.05, 3.63) is 59.5 Å². The second-order valence-corrected chi connectivity index (χ2v) is 8.07. The van der Waals surface area contributed by atoms with Crippen LogP contribution in [0.5, 0.6) is 0 Å². The molecule has 0 atom stereocenters. The van der Waals surface area contributed by atoms with Crippen LogP contribution < -0.4 is 4.90 Å². The minimum absolute atomic E-state index is 0.185. The summed E-state index contributed by atoms with van der Waals surface area (Å²) in [5, 5.41) is 12.8. The Kier molecular flexibility index (Phi) is 4.31. The number of nitrogens with zero attached hydrogens (tertiary/aromatic N) is 5. The molecule has 142 valence electrons. The van der Waals surface area contributed by atoms with Crippen molar-refractivity contribution in [2.45, 2.75) is 25.8 Å². The lowest BCUT2D eigenvalue weighted by Crippen LogP contribution is -2.35. The van der Waals surface area contributed by atoms with Crippen LogP contribution in [-0.4, -0.2) is 32.8 Å². The highest BCUT2D eigenvalue weighted by Crippen LogP contribution is 2.30. The van der Waals surface area contributed by atoms with Gasteiger partial charge < -0.3 is 9.47 Å². The second kappa shape index (κ2) is 6.98. The highest BCUT2D eigenvalue weighted by Gasteiger charge is 2.22. The number of halogens is 1. The first-order valence-electron chi connectivity index (χ1n) is 9.45. The number of rotatable bonds is 3. The van der Waals surface area contributed by atoms with E-state index in [0.29, 0.717) is 6.04 Å². The predicted octanol–water partition coefficient (Wildman–Crippen LogP) is 4.84. The van der Waals surface area contributed by atoms with E-state index < -0.39 is 0 Å². The van der Waals surface area contributed by atoms with E-state index >= 15 is 0 Å². The fourth-order valence-corrected chi connectivity index (χ4v) is 4.65. The van der Waals surface area contributed by atoms with Crippen molar-refractivity contribution >= 4 is 28.1 Å². The van der Waals surface area contributed by atoms with Gasteiger partial charge in [0.05, 0.1) is 5.52 Å². The lowest BCUT2D eigenvalue weighted by Gasteiger charge is -2.33. The van der Waals surface area contributed by atoms with E-state index in [1.807, 2.05) is 30.5 Å². The first-order chi connectivity index (χ1) is 13.7. The van der Waals surface area contributed by atoms with Crippen molar-refractivity contribution in [3.8, 4) is 10.7 Å². The van der Waals surface area contributed by atoms with E-state index in [4.69, 9.17) is 0 Å². The summed E-state index contributed by atoms with van der Waals surface area (Å²) in [5.74, 6) is 0.717. The van der Waals surface area contributed by atoms with E-state index in [1.54, 1.807) is 17.4 Å². The van der Waals surface area contributed by atoms with Crippen molar-refractivity contribution in [2.24, 2.45) is 0 Å². The number of anilines is 1. The van der Waals surface area contributed by atoms with E-state index in [0.717, 1.165) is 59.0 Å². The summed E-state index contributed by atoms with van der Waals surface area (Å²) in [6.45, 7) is 3.79. The Hall–Kier alpha value is -2.80. The molecule has 1 fully saturated rings. The van der Waals surface area contributed by atoms with Crippen LogP contribution in [0.25, 0.3) is 21.6 Å². The molecular weight excluding hydrogens is 373 g/mol. The van der Waals surface area contributed by atoms with Crippen molar-refractivity contribution < 1.29 is 4.39 Å². The molecule has 0 radical (unpaired) electrons. The summed E-state index contributed by atoms with van der Waals surface area (Å²) in [5.41, 5.74) is 2.80. The smallest absolute Gasteiger partial charge is 0.151 e. The average molecular weight is 393 g/mol. The Labute approximate surface area is 166 Å². The Balaban J connectivity index is 1.29. The molecule has 1 aliphatic heterocycles. The average Bonchev–Trinajstić information content (AvgIpc) is 3.34. The molecule has 1 aliphatic rings. The van der Waals surface area contributed by atoms with Gasteiger partial charge in [-0.1, -0.05) is 0 Å². The minimum atomic E-state index is -0.185. The van der Waals surface area contributed by atoms with E-state index in [2.05, 4.69) is 36.9 Å². The molecule has 1 saturated heterocycles. The Morgan fingerprint density at radius 2 is 1.93 bits per heavy atom. The van der Waals surface area contributed by atoms with Gasteiger partial charge in [0.15, 0.2) is 5.82 Å². The second-order valence-electron chi connectivity index (χ2n) is 7.22. The largest absolute Gasteiger partial charge is 0.355 e. The number of hydrogen-bond acceptors (Lipinski definition) is 5. The molecule has 28 heavy (non-hydrogen) atoms. The summed E-state index contributed by atoms with van der Waals surface area (Å²) in [6.07, 6.45) is 4.07. The number of aromatic nitrogens is 4. The quantitative estimate of drug-likeness (QED) is 0.499. The summed E-state index contributed by atoms with van der Waals surface area (Å²) < 4.78 is 15.9. The van der Waals surface area contributed by atoms with E-state index in [-0.39, 0.29) is 5.82 Å². The number of piperidine rings is 1. The maximum atomic E-state index is 13.7. The molecule has 3 aromatic heterocycles. The van der Waals surface area contributed by atoms with Gasteiger partial charge in [-0.05, 0) is 61.5 Å². The SMILES string of the molecule is Cc1csc(-c2ccc(N3CCC(n4ccc5ccc(F)cc54)CC3)nn2)n1. The fraction of sp³-hybridized carbons (Fsp3) is 0.286. The van der Waals surface area contributed by atoms with Gasteiger partial charge in [0.25, 0.3) is 0 Å². The van der Waals surface area contributed by atoms with Gasteiger partial charge >= 0.3 is 0 Å². The summed E-state index contributed by atoms with van der Waals surface area (Å²) in [6, 6.07) is 11.5. The minimum Gasteiger partial charge on any atom is -0.355 e. The molecule has 0 aliphatic carbocycles. The van der Waals surface area contributed by atoms with Crippen LogP contribution in [0.3, 0.4) is 0 Å². The summed E-state index contributed by atoms with van der Waals surface area (Å²) >= 11 is 1.59. The molecule has 5 rings (SSSR count). The van der Waals surface area contributed by atoms with Crippen molar-refractivity contribution in [1.29, 1.82) is 0 Å². The Bertz CT molecular complexity index is 1110. The normalized spacial score (nSPS) is 15.4. The molecule has 0 N–H and O–H groups in total. The van der Waals surface area contributed by atoms with Gasteiger partial charge in [0.1, 0.15) is 16.5 Å². The van der Waals surface area contributed by atoms with Crippen LogP contribution in [0, 0.1) is 12.7 Å². The maximum absolute atomic E-state index is 13.7. The Morgan fingerprint density at radius 3 is 2.64 bits per heavy atom. The zero-order valence-corrected chi connectivity index (χ0v) is 16.4. The van der Waals surface area contributed by atoms with Crippen LogP contribution in [0.15, 0.2) is 48.0 Å². The van der Waals surface area contributed by atoms with Crippen molar-refractivity contribution in [1.82, 2.24) is 19.7 Å². The van der Waals surface area contributed by atoms with Gasteiger partial charge in [-0.25, -0.2) is 9.37 Å². The molecule has 7 heteroatoms. The van der Waals surface area contributed by atoms with Gasteiger partial charge in [0.2, 0.25) is 0 Å². The van der Waals surface area contributed by atoms with Crippen LogP contribution in [-0.2, 0) is 0 Å². The Morgan fingerprint density at radius 1 is 1.07 bits per heavy atom. The van der Waals surface area contributed by atoms with Crippen LogP contribution in [0.4, 0.5) is 10.2 Å². The summed E-state index contributed by atoms with van der Waals surface area (Å²) in [4.78, 5) is 6.74. The van der Waals surface area contributed by atoms with E-state index in [9.17, 15) is 4.39 Å². The zero-order valence-electron chi connectivity index (χ0n) is 15.5. The zero-order chi connectivity index (χ0) is 19.1. The lowest BCUT2D eigenvalue weighted by atomic mass is 10.0. The molecule has 0 saturated carbocycles. The third-order valence-corrected chi connectivity index (χ3v) is 6.34.